The Labute approximate surface area is 87.9 Å². The molecule has 1 saturated carbocycles. The molecule has 1 fully saturated rings. The van der Waals surface area contributed by atoms with Crippen molar-refractivity contribution in [3.63, 3.8) is 0 Å². The van der Waals surface area contributed by atoms with Crippen molar-refractivity contribution in [2.75, 3.05) is 13.6 Å². The van der Waals surface area contributed by atoms with Gasteiger partial charge in [0.2, 0.25) is 0 Å². The highest BCUT2D eigenvalue weighted by atomic mass is 19.4. The van der Waals surface area contributed by atoms with E-state index in [-0.39, 0.29) is 12.8 Å². The van der Waals surface area contributed by atoms with E-state index >= 15 is 0 Å². The molecular weight excluding hydrogens is 207 g/mol. The molecule has 90 valence electrons. The fourth-order valence-corrected chi connectivity index (χ4v) is 2.46. The van der Waals surface area contributed by atoms with Crippen LogP contribution < -0.4 is 5.32 Å². The minimum absolute atomic E-state index is 0.175. The highest BCUT2D eigenvalue weighted by Crippen LogP contribution is 2.52. The molecule has 1 aliphatic rings. The lowest BCUT2D eigenvalue weighted by molar-refractivity contribution is -0.259. The summed E-state index contributed by atoms with van der Waals surface area (Å²) in [5, 5.41) is 12.5. The summed E-state index contributed by atoms with van der Waals surface area (Å²) in [5.41, 5.74) is -2.88. The summed E-state index contributed by atoms with van der Waals surface area (Å²) in [5.74, 6) is 0. The number of rotatable bonds is 3. The highest BCUT2D eigenvalue weighted by molar-refractivity contribution is 5.02. The van der Waals surface area contributed by atoms with Gasteiger partial charge in [0.15, 0.2) is 5.60 Å². The molecule has 15 heavy (non-hydrogen) atoms. The second kappa shape index (κ2) is 3.94. The molecule has 2 N–H and O–H groups in total. The SMILES string of the molecule is CCC1(CNC)CCC(O)(C(F)(F)F)C1. The van der Waals surface area contributed by atoms with Crippen LogP contribution in [0.4, 0.5) is 13.2 Å². The van der Waals surface area contributed by atoms with E-state index in [1.807, 2.05) is 6.92 Å². The smallest absolute Gasteiger partial charge is 0.380 e. The average molecular weight is 225 g/mol. The normalized spacial score (nSPS) is 37.2. The molecule has 1 aliphatic carbocycles. The van der Waals surface area contributed by atoms with Gasteiger partial charge in [-0.25, -0.2) is 0 Å². The molecule has 2 unspecified atom stereocenters. The Morgan fingerprint density at radius 2 is 1.93 bits per heavy atom. The number of halogens is 3. The predicted octanol–water partition coefficient (Wildman–Crippen LogP) is 2.08. The van der Waals surface area contributed by atoms with Crippen molar-refractivity contribution in [1.29, 1.82) is 0 Å². The third-order valence-corrected chi connectivity index (χ3v) is 3.57. The van der Waals surface area contributed by atoms with Crippen molar-refractivity contribution in [3.05, 3.63) is 0 Å². The fraction of sp³-hybridized carbons (Fsp3) is 1.00. The average Bonchev–Trinajstić information content (AvgIpc) is 2.46. The third-order valence-electron chi connectivity index (χ3n) is 3.57. The zero-order valence-electron chi connectivity index (χ0n) is 9.12. The zero-order valence-corrected chi connectivity index (χ0v) is 9.12. The van der Waals surface area contributed by atoms with Crippen LogP contribution in [-0.4, -0.2) is 30.5 Å². The van der Waals surface area contributed by atoms with Gasteiger partial charge in [0.25, 0.3) is 0 Å². The second-order valence-electron chi connectivity index (χ2n) is 4.59. The molecule has 2 nitrogen and oxygen atoms in total. The number of hydrogen-bond acceptors (Lipinski definition) is 2. The highest BCUT2D eigenvalue weighted by Gasteiger charge is 2.60. The zero-order chi connectivity index (χ0) is 11.7. The van der Waals surface area contributed by atoms with E-state index in [0.717, 1.165) is 0 Å². The van der Waals surface area contributed by atoms with Crippen molar-refractivity contribution in [1.82, 2.24) is 5.32 Å². The van der Waals surface area contributed by atoms with Crippen molar-refractivity contribution < 1.29 is 18.3 Å². The molecule has 0 heterocycles. The first-order valence-electron chi connectivity index (χ1n) is 5.22. The van der Waals surface area contributed by atoms with Gasteiger partial charge in [0, 0.05) is 6.54 Å². The van der Waals surface area contributed by atoms with Crippen LogP contribution in [0, 0.1) is 5.41 Å². The maximum atomic E-state index is 12.6. The van der Waals surface area contributed by atoms with Crippen molar-refractivity contribution in [2.24, 2.45) is 5.41 Å². The van der Waals surface area contributed by atoms with Gasteiger partial charge in [0.1, 0.15) is 0 Å². The molecule has 0 saturated heterocycles. The number of hydrogen-bond donors (Lipinski definition) is 2. The Morgan fingerprint density at radius 1 is 1.33 bits per heavy atom. The minimum atomic E-state index is -4.50. The third kappa shape index (κ3) is 2.28. The van der Waals surface area contributed by atoms with Gasteiger partial charge in [-0.15, -0.1) is 0 Å². The van der Waals surface area contributed by atoms with Gasteiger partial charge in [-0.1, -0.05) is 6.92 Å². The number of aliphatic hydroxyl groups is 1. The van der Waals surface area contributed by atoms with Crippen LogP contribution in [0.3, 0.4) is 0 Å². The number of nitrogens with one attached hydrogen (secondary N) is 1. The van der Waals surface area contributed by atoms with E-state index in [9.17, 15) is 18.3 Å². The van der Waals surface area contributed by atoms with Crippen LogP contribution >= 0.6 is 0 Å². The molecule has 1 rings (SSSR count). The summed E-state index contributed by atoms with van der Waals surface area (Å²) in [7, 11) is 1.72. The summed E-state index contributed by atoms with van der Waals surface area (Å²) in [6, 6.07) is 0. The second-order valence-corrected chi connectivity index (χ2v) is 4.59. The Bertz CT molecular complexity index is 231. The summed E-state index contributed by atoms with van der Waals surface area (Å²) in [6.07, 6.45) is -3.77. The molecule has 0 radical (unpaired) electrons. The van der Waals surface area contributed by atoms with Gasteiger partial charge in [-0.05, 0) is 38.1 Å². The van der Waals surface area contributed by atoms with Gasteiger partial charge in [-0.3, -0.25) is 0 Å². The topological polar surface area (TPSA) is 32.3 Å². The summed E-state index contributed by atoms with van der Waals surface area (Å²) in [4.78, 5) is 0. The molecule has 0 amide bonds. The molecule has 5 heteroatoms. The van der Waals surface area contributed by atoms with Crippen molar-refractivity contribution in [3.8, 4) is 0 Å². The number of alkyl halides is 3. The van der Waals surface area contributed by atoms with Gasteiger partial charge in [0.05, 0.1) is 0 Å². The van der Waals surface area contributed by atoms with Crippen molar-refractivity contribution in [2.45, 2.75) is 44.4 Å². The molecule has 0 aromatic carbocycles. The van der Waals surface area contributed by atoms with Crippen LogP contribution in [0.15, 0.2) is 0 Å². The molecule has 0 bridgehead atoms. The van der Waals surface area contributed by atoms with Gasteiger partial charge >= 0.3 is 6.18 Å². The Hall–Kier alpha value is -0.290. The van der Waals surface area contributed by atoms with Gasteiger partial charge < -0.3 is 10.4 Å². The molecule has 0 aromatic heterocycles. The summed E-state index contributed by atoms with van der Waals surface area (Å²) >= 11 is 0. The van der Waals surface area contributed by atoms with Crippen LogP contribution in [0.5, 0.6) is 0 Å². The minimum Gasteiger partial charge on any atom is -0.380 e. The molecule has 0 aromatic rings. The van der Waals surface area contributed by atoms with E-state index in [2.05, 4.69) is 5.32 Å². The van der Waals surface area contributed by atoms with E-state index in [1.165, 1.54) is 0 Å². The molecular formula is C10H18F3NO. The van der Waals surface area contributed by atoms with E-state index in [1.54, 1.807) is 7.05 Å². The molecule has 0 spiro atoms. The lowest BCUT2D eigenvalue weighted by Gasteiger charge is -2.31. The standard InChI is InChI=1S/C10H18F3NO/c1-3-8(7-14-2)4-5-9(15,6-8)10(11,12)13/h14-15H,3-7H2,1-2H3. The van der Waals surface area contributed by atoms with E-state index in [0.29, 0.717) is 19.4 Å². The maximum Gasteiger partial charge on any atom is 0.417 e. The lowest BCUT2D eigenvalue weighted by atomic mass is 9.81. The summed E-state index contributed by atoms with van der Waals surface area (Å²) < 4.78 is 37.8. The van der Waals surface area contributed by atoms with Crippen LogP contribution in [0.1, 0.15) is 32.6 Å². The molecule has 0 aliphatic heterocycles. The molecule has 2 atom stereocenters. The fourth-order valence-electron chi connectivity index (χ4n) is 2.46. The Kier molecular flexibility index (Phi) is 3.36. The van der Waals surface area contributed by atoms with Gasteiger partial charge in [-0.2, -0.15) is 13.2 Å². The predicted molar refractivity (Wildman–Crippen MR) is 51.5 cm³/mol. The first-order valence-corrected chi connectivity index (χ1v) is 5.22. The first kappa shape index (κ1) is 12.8. The van der Waals surface area contributed by atoms with Crippen LogP contribution in [0.2, 0.25) is 0 Å². The quantitative estimate of drug-likeness (QED) is 0.770. The Balaban J connectivity index is 2.80. The lowest BCUT2D eigenvalue weighted by Crippen LogP contribution is -2.44. The largest absolute Gasteiger partial charge is 0.417 e. The van der Waals surface area contributed by atoms with E-state index in [4.69, 9.17) is 0 Å². The van der Waals surface area contributed by atoms with Crippen molar-refractivity contribution >= 4 is 0 Å². The maximum absolute atomic E-state index is 12.6. The monoisotopic (exact) mass is 225 g/mol. The van der Waals surface area contributed by atoms with E-state index < -0.39 is 17.2 Å². The summed E-state index contributed by atoms with van der Waals surface area (Å²) in [6.45, 7) is 2.40. The Morgan fingerprint density at radius 3 is 2.27 bits per heavy atom. The first-order chi connectivity index (χ1) is 6.79. The van der Waals surface area contributed by atoms with Crippen LogP contribution in [-0.2, 0) is 0 Å². The van der Waals surface area contributed by atoms with Crippen LogP contribution in [0.25, 0.3) is 0 Å².